The van der Waals surface area contributed by atoms with Gasteiger partial charge in [0.15, 0.2) is 11.5 Å². The second-order valence-corrected chi connectivity index (χ2v) is 9.07. The van der Waals surface area contributed by atoms with Crippen molar-refractivity contribution in [3.8, 4) is 33.6 Å². The second kappa shape index (κ2) is 9.48. The summed E-state index contributed by atoms with van der Waals surface area (Å²) < 4.78 is 41.2. The molecular formula is C26H16ClF3N8O. The third kappa shape index (κ3) is 4.66. The molecule has 194 valence electrons. The van der Waals surface area contributed by atoms with Gasteiger partial charge in [0.2, 0.25) is 0 Å². The topological polar surface area (TPSA) is 107 Å². The van der Waals surface area contributed by atoms with E-state index in [2.05, 4.69) is 30.8 Å². The number of hydrogen-bond acceptors (Lipinski definition) is 6. The third-order valence-corrected chi connectivity index (χ3v) is 6.43. The van der Waals surface area contributed by atoms with Crippen LogP contribution in [0.3, 0.4) is 0 Å². The maximum absolute atomic E-state index is 13.2. The predicted octanol–water partition coefficient (Wildman–Crippen LogP) is 5.13. The van der Waals surface area contributed by atoms with E-state index in [1.807, 2.05) is 36.4 Å². The standard InChI is InChI=1S/C26H16ClF3N8O/c27-20-11-7-17(8-12-20)22-21(16-3-5-18(6-4-16)23-32-35-36-33-23)13-31-38-24(22)34-37(25(38)39)14-15-1-9-19(10-2-15)26(28,29)30/h1-13H,14H2,(H,32,33,35,36). The summed E-state index contributed by atoms with van der Waals surface area (Å²) in [6.45, 7) is -0.0321. The van der Waals surface area contributed by atoms with E-state index < -0.39 is 17.4 Å². The summed E-state index contributed by atoms with van der Waals surface area (Å²) >= 11 is 6.12. The molecule has 0 fully saturated rings. The molecule has 6 aromatic rings. The van der Waals surface area contributed by atoms with E-state index in [-0.39, 0.29) is 12.2 Å². The summed E-state index contributed by atoms with van der Waals surface area (Å²) in [5, 5.41) is 23.3. The molecule has 0 atom stereocenters. The molecule has 3 aromatic heterocycles. The molecule has 39 heavy (non-hydrogen) atoms. The number of aromatic amines is 1. The van der Waals surface area contributed by atoms with Crippen LogP contribution in [0, 0.1) is 0 Å². The zero-order valence-electron chi connectivity index (χ0n) is 19.8. The quantitative estimate of drug-likeness (QED) is 0.320. The van der Waals surface area contributed by atoms with E-state index in [4.69, 9.17) is 11.6 Å². The Hall–Kier alpha value is -4.84. The molecule has 0 saturated heterocycles. The first-order chi connectivity index (χ1) is 18.8. The maximum atomic E-state index is 13.2. The van der Waals surface area contributed by atoms with Gasteiger partial charge >= 0.3 is 11.9 Å². The molecule has 0 spiro atoms. The highest BCUT2D eigenvalue weighted by molar-refractivity contribution is 6.30. The zero-order valence-corrected chi connectivity index (χ0v) is 20.5. The lowest BCUT2D eigenvalue weighted by Gasteiger charge is -2.11. The van der Waals surface area contributed by atoms with Crippen LogP contribution >= 0.6 is 11.6 Å². The van der Waals surface area contributed by atoms with Crippen LogP contribution in [-0.4, -0.2) is 40.0 Å². The number of hydrogen-bond donors (Lipinski definition) is 1. The van der Waals surface area contributed by atoms with Crippen molar-refractivity contribution >= 4 is 17.2 Å². The minimum Gasteiger partial charge on any atom is -0.244 e. The molecule has 13 heteroatoms. The van der Waals surface area contributed by atoms with Crippen LogP contribution in [-0.2, 0) is 12.7 Å². The first-order valence-corrected chi connectivity index (χ1v) is 11.9. The first kappa shape index (κ1) is 24.5. The molecule has 6 rings (SSSR count). The number of fused-ring (bicyclic) bond motifs is 1. The molecule has 0 amide bonds. The van der Waals surface area contributed by atoms with Crippen LogP contribution < -0.4 is 5.69 Å². The lowest BCUT2D eigenvalue weighted by Crippen LogP contribution is -2.23. The average Bonchev–Trinajstić information content (AvgIpc) is 3.58. The van der Waals surface area contributed by atoms with Gasteiger partial charge in [-0.3, -0.25) is 0 Å². The van der Waals surface area contributed by atoms with Gasteiger partial charge in [0.05, 0.1) is 18.3 Å². The molecule has 0 unspecified atom stereocenters. The van der Waals surface area contributed by atoms with Crippen LogP contribution in [0.25, 0.3) is 39.3 Å². The van der Waals surface area contributed by atoms with Crippen molar-refractivity contribution in [2.24, 2.45) is 0 Å². The number of alkyl halides is 3. The monoisotopic (exact) mass is 548 g/mol. The Morgan fingerprint density at radius 2 is 1.54 bits per heavy atom. The zero-order chi connectivity index (χ0) is 27.1. The van der Waals surface area contributed by atoms with E-state index in [9.17, 15) is 18.0 Å². The van der Waals surface area contributed by atoms with Crippen LogP contribution in [0.4, 0.5) is 13.2 Å². The number of benzene rings is 3. The molecule has 9 nitrogen and oxygen atoms in total. The van der Waals surface area contributed by atoms with Crippen molar-refractivity contribution in [2.45, 2.75) is 12.7 Å². The lowest BCUT2D eigenvalue weighted by atomic mass is 9.96. The first-order valence-electron chi connectivity index (χ1n) is 11.5. The highest BCUT2D eigenvalue weighted by atomic mass is 35.5. The van der Waals surface area contributed by atoms with Gasteiger partial charge in [-0.2, -0.15) is 22.8 Å². The van der Waals surface area contributed by atoms with E-state index >= 15 is 0 Å². The minimum absolute atomic E-state index is 0.0321. The number of rotatable bonds is 5. The molecule has 0 aliphatic carbocycles. The summed E-state index contributed by atoms with van der Waals surface area (Å²) in [7, 11) is 0. The van der Waals surface area contributed by atoms with Crippen molar-refractivity contribution in [1.82, 2.24) is 40.0 Å². The highest BCUT2D eigenvalue weighted by Gasteiger charge is 2.30. The van der Waals surface area contributed by atoms with Crippen molar-refractivity contribution in [1.29, 1.82) is 0 Å². The van der Waals surface area contributed by atoms with Crippen LogP contribution in [0.1, 0.15) is 11.1 Å². The lowest BCUT2D eigenvalue weighted by molar-refractivity contribution is -0.137. The SMILES string of the molecule is O=c1n(Cc2ccc(C(F)(F)F)cc2)nc2c(-c3ccc(Cl)cc3)c(-c3ccc(-c4nnn[nH]4)cc3)cnn12. The predicted molar refractivity (Wildman–Crippen MR) is 137 cm³/mol. The number of tetrazole rings is 1. The molecule has 0 saturated carbocycles. The van der Waals surface area contributed by atoms with Gasteiger partial charge < -0.3 is 0 Å². The van der Waals surface area contributed by atoms with Crippen LogP contribution in [0.2, 0.25) is 5.02 Å². The van der Waals surface area contributed by atoms with Gasteiger partial charge in [0.25, 0.3) is 0 Å². The molecule has 0 aliphatic rings. The molecule has 0 radical (unpaired) electrons. The van der Waals surface area contributed by atoms with E-state index in [0.29, 0.717) is 27.5 Å². The Morgan fingerprint density at radius 1 is 0.872 bits per heavy atom. The fraction of sp³-hybridized carbons (Fsp3) is 0.0769. The van der Waals surface area contributed by atoms with Gasteiger partial charge in [-0.05, 0) is 51.4 Å². The van der Waals surface area contributed by atoms with Gasteiger partial charge in [-0.15, -0.1) is 10.2 Å². The fourth-order valence-electron chi connectivity index (χ4n) is 4.24. The third-order valence-electron chi connectivity index (χ3n) is 6.17. The summed E-state index contributed by atoms with van der Waals surface area (Å²) in [6, 6.07) is 19.1. The number of halogens is 4. The Bertz CT molecular complexity index is 1830. The molecular weight excluding hydrogens is 533 g/mol. The summed E-state index contributed by atoms with van der Waals surface area (Å²) in [6.07, 6.45) is -2.87. The minimum atomic E-state index is -4.45. The van der Waals surface area contributed by atoms with Gasteiger partial charge in [0, 0.05) is 21.7 Å². The van der Waals surface area contributed by atoms with E-state index in [1.54, 1.807) is 18.3 Å². The molecule has 0 bridgehead atoms. The summed E-state index contributed by atoms with van der Waals surface area (Å²) in [5.74, 6) is 0.515. The van der Waals surface area contributed by atoms with Gasteiger partial charge in [0.1, 0.15) is 0 Å². The van der Waals surface area contributed by atoms with Crippen molar-refractivity contribution in [3.05, 3.63) is 106 Å². The van der Waals surface area contributed by atoms with Crippen LogP contribution in [0.15, 0.2) is 83.8 Å². The van der Waals surface area contributed by atoms with E-state index in [0.717, 1.165) is 28.8 Å². The number of H-pyrrole nitrogens is 1. The maximum Gasteiger partial charge on any atom is 0.416 e. The van der Waals surface area contributed by atoms with E-state index in [1.165, 1.54) is 21.3 Å². The average molecular weight is 549 g/mol. The van der Waals surface area contributed by atoms with Gasteiger partial charge in [-0.25, -0.2) is 14.6 Å². The Kier molecular flexibility index (Phi) is 5.95. The van der Waals surface area contributed by atoms with Crippen molar-refractivity contribution in [3.63, 3.8) is 0 Å². The number of nitrogens with zero attached hydrogens (tertiary/aromatic N) is 7. The van der Waals surface area contributed by atoms with Gasteiger partial charge in [-0.1, -0.05) is 60.1 Å². The number of nitrogens with one attached hydrogen (secondary N) is 1. The van der Waals surface area contributed by atoms with Crippen molar-refractivity contribution in [2.75, 3.05) is 0 Å². The Balaban J connectivity index is 1.46. The molecule has 1 N–H and O–H groups in total. The molecule has 0 aliphatic heterocycles. The fourth-order valence-corrected chi connectivity index (χ4v) is 4.37. The van der Waals surface area contributed by atoms with Crippen LogP contribution in [0.5, 0.6) is 0 Å². The van der Waals surface area contributed by atoms with Crippen molar-refractivity contribution < 1.29 is 13.2 Å². The summed E-state index contributed by atoms with van der Waals surface area (Å²) in [4.78, 5) is 13.2. The highest BCUT2D eigenvalue weighted by Crippen LogP contribution is 2.35. The molecule has 3 aromatic carbocycles. The normalized spacial score (nSPS) is 11.8. The summed E-state index contributed by atoms with van der Waals surface area (Å²) in [5.41, 5.74) is 3.15. The Morgan fingerprint density at radius 3 is 2.18 bits per heavy atom. The Labute approximate surface area is 222 Å². The largest absolute Gasteiger partial charge is 0.416 e. The molecule has 3 heterocycles. The number of aromatic nitrogens is 8. The second-order valence-electron chi connectivity index (χ2n) is 8.64. The smallest absolute Gasteiger partial charge is 0.244 e.